The number of thioether (sulfide) groups is 1. The van der Waals surface area contributed by atoms with Gasteiger partial charge in [-0.15, -0.1) is 11.8 Å². The van der Waals surface area contributed by atoms with E-state index in [0.29, 0.717) is 18.8 Å². The molecule has 0 aliphatic heterocycles. The lowest BCUT2D eigenvalue weighted by Gasteiger charge is -2.23. The molecular weight excluding hydrogens is 272 g/mol. The molecule has 0 aromatic heterocycles. The highest BCUT2D eigenvalue weighted by Crippen LogP contribution is 2.17. The second-order valence-corrected chi connectivity index (χ2v) is 5.47. The SMILES string of the molecule is CCN(CC)C(=O)CN(C)C(=O)CSc1ccccc1. The van der Waals surface area contributed by atoms with E-state index in [1.54, 1.807) is 11.9 Å². The summed E-state index contributed by atoms with van der Waals surface area (Å²) >= 11 is 1.49. The maximum absolute atomic E-state index is 12.0. The lowest BCUT2D eigenvalue weighted by atomic mass is 10.4. The van der Waals surface area contributed by atoms with E-state index >= 15 is 0 Å². The van der Waals surface area contributed by atoms with Crippen molar-refractivity contribution in [2.24, 2.45) is 0 Å². The molecule has 0 bridgehead atoms. The predicted molar refractivity (Wildman–Crippen MR) is 82.7 cm³/mol. The molecule has 0 radical (unpaired) electrons. The Hall–Kier alpha value is -1.49. The van der Waals surface area contributed by atoms with Crippen LogP contribution in [0.5, 0.6) is 0 Å². The Bertz CT molecular complexity index is 433. The van der Waals surface area contributed by atoms with Crippen LogP contribution in [0.4, 0.5) is 0 Å². The Morgan fingerprint density at radius 1 is 1.05 bits per heavy atom. The molecule has 0 saturated heterocycles. The summed E-state index contributed by atoms with van der Waals surface area (Å²) in [5.74, 6) is 0.321. The summed E-state index contributed by atoms with van der Waals surface area (Å²) in [5, 5.41) is 0. The van der Waals surface area contributed by atoms with Gasteiger partial charge in [-0.3, -0.25) is 9.59 Å². The van der Waals surface area contributed by atoms with Gasteiger partial charge in [0.25, 0.3) is 0 Å². The van der Waals surface area contributed by atoms with Gasteiger partial charge in [0, 0.05) is 25.0 Å². The van der Waals surface area contributed by atoms with Gasteiger partial charge in [0.1, 0.15) is 0 Å². The van der Waals surface area contributed by atoms with E-state index in [-0.39, 0.29) is 18.4 Å². The van der Waals surface area contributed by atoms with Crippen LogP contribution in [-0.2, 0) is 9.59 Å². The van der Waals surface area contributed by atoms with Crippen LogP contribution >= 0.6 is 11.8 Å². The number of nitrogens with zero attached hydrogens (tertiary/aromatic N) is 2. The Morgan fingerprint density at radius 3 is 2.20 bits per heavy atom. The standard InChI is InChI=1S/C15H22N2O2S/c1-4-17(5-2)14(18)11-16(3)15(19)12-20-13-9-7-6-8-10-13/h6-10H,4-5,11-12H2,1-3H3. The molecule has 1 aromatic carbocycles. The number of likely N-dealkylation sites (N-methyl/N-ethyl adjacent to an activating group) is 2. The van der Waals surface area contributed by atoms with E-state index in [1.807, 2.05) is 44.2 Å². The normalized spacial score (nSPS) is 10.2. The zero-order valence-corrected chi connectivity index (χ0v) is 13.2. The van der Waals surface area contributed by atoms with Crippen LogP contribution in [0.3, 0.4) is 0 Å². The summed E-state index contributed by atoms with van der Waals surface area (Å²) in [6, 6.07) is 9.78. The first-order chi connectivity index (χ1) is 9.58. The van der Waals surface area contributed by atoms with Crippen molar-refractivity contribution in [3.05, 3.63) is 30.3 Å². The molecular formula is C15H22N2O2S. The predicted octanol–water partition coefficient (Wildman–Crippen LogP) is 2.11. The second-order valence-electron chi connectivity index (χ2n) is 4.42. The van der Waals surface area contributed by atoms with Gasteiger partial charge in [0.2, 0.25) is 11.8 Å². The van der Waals surface area contributed by atoms with Crippen molar-refractivity contribution in [3.63, 3.8) is 0 Å². The second kappa shape index (κ2) is 8.64. The fourth-order valence-corrected chi connectivity index (χ4v) is 2.60. The van der Waals surface area contributed by atoms with Crippen molar-refractivity contribution in [2.75, 3.05) is 32.4 Å². The summed E-state index contributed by atoms with van der Waals surface area (Å²) in [5.41, 5.74) is 0. The summed E-state index contributed by atoms with van der Waals surface area (Å²) < 4.78 is 0. The minimum Gasteiger partial charge on any atom is -0.342 e. The fraction of sp³-hybridized carbons (Fsp3) is 0.467. The van der Waals surface area contributed by atoms with Crippen LogP contribution < -0.4 is 0 Å². The highest BCUT2D eigenvalue weighted by Gasteiger charge is 2.16. The summed E-state index contributed by atoms with van der Waals surface area (Å²) in [6.07, 6.45) is 0. The van der Waals surface area contributed by atoms with Gasteiger partial charge in [0.15, 0.2) is 0 Å². The Balaban J connectivity index is 2.41. The van der Waals surface area contributed by atoms with Crippen LogP contribution in [0.25, 0.3) is 0 Å². The lowest BCUT2D eigenvalue weighted by Crippen LogP contribution is -2.41. The van der Waals surface area contributed by atoms with Crippen molar-refractivity contribution in [1.29, 1.82) is 0 Å². The molecule has 0 fully saturated rings. The van der Waals surface area contributed by atoms with Gasteiger partial charge in [-0.2, -0.15) is 0 Å². The number of hydrogen-bond donors (Lipinski definition) is 0. The van der Waals surface area contributed by atoms with Gasteiger partial charge in [-0.25, -0.2) is 0 Å². The molecule has 20 heavy (non-hydrogen) atoms. The Labute approximate surface area is 125 Å². The number of hydrogen-bond acceptors (Lipinski definition) is 3. The lowest BCUT2D eigenvalue weighted by molar-refractivity contribution is -0.137. The minimum atomic E-state index is -0.0284. The molecule has 5 heteroatoms. The van der Waals surface area contributed by atoms with Crippen LogP contribution in [0, 0.1) is 0 Å². The molecule has 110 valence electrons. The zero-order chi connectivity index (χ0) is 15.0. The minimum absolute atomic E-state index is 0.00411. The van der Waals surface area contributed by atoms with Gasteiger partial charge in [-0.05, 0) is 26.0 Å². The van der Waals surface area contributed by atoms with E-state index in [0.717, 1.165) is 4.90 Å². The molecule has 2 amide bonds. The summed E-state index contributed by atoms with van der Waals surface area (Å²) in [4.78, 5) is 28.2. The molecule has 1 aromatic rings. The fourth-order valence-electron chi connectivity index (χ4n) is 1.74. The highest BCUT2D eigenvalue weighted by molar-refractivity contribution is 8.00. The summed E-state index contributed by atoms with van der Waals surface area (Å²) in [6.45, 7) is 5.38. The van der Waals surface area contributed by atoms with E-state index in [2.05, 4.69) is 0 Å². The van der Waals surface area contributed by atoms with E-state index in [4.69, 9.17) is 0 Å². The van der Waals surface area contributed by atoms with Crippen LogP contribution in [0.15, 0.2) is 35.2 Å². The Kier molecular flexibility index (Phi) is 7.15. The number of carbonyl (C=O) groups is 2. The topological polar surface area (TPSA) is 40.6 Å². The maximum Gasteiger partial charge on any atom is 0.242 e. The van der Waals surface area contributed by atoms with E-state index in [9.17, 15) is 9.59 Å². The first kappa shape index (κ1) is 16.6. The van der Waals surface area contributed by atoms with E-state index in [1.165, 1.54) is 16.7 Å². The van der Waals surface area contributed by atoms with Gasteiger partial charge in [-0.1, -0.05) is 18.2 Å². The molecule has 0 atom stereocenters. The maximum atomic E-state index is 12.0. The third-order valence-electron chi connectivity index (χ3n) is 3.02. The quantitative estimate of drug-likeness (QED) is 0.723. The molecule has 0 N–H and O–H groups in total. The molecule has 1 rings (SSSR count). The molecule has 0 spiro atoms. The highest BCUT2D eigenvalue weighted by atomic mass is 32.2. The van der Waals surface area contributed by atoms with E-state index < -0.39 is 0 Å². The van der Waals surface area contributed by atoms with Crippen molar-refractivity contribution in [1.82, 2.24) is 9.80 Å². The third kappa shape index (κ3) is 5.25. The van der Waals surface area contributed by atoms with Gasteiger partial charge >= 0.3 is 0 Å². The van der Waals surface area contributed by atoms with Crippen LogP contribution in [-0.4, -0.2) is 54.0 Å². The van der Waals surface area contributed by atoms with Crippen molar-refractivity contribution < 1.29 is 9.59 Å². The zero-order valence-electron chi connectivity index (χ0n) is 12.3. The molecule has 0 unspecified atom stereocenters. The third-order valence-corrected chi connectivity index (χ3v) is 4.02. The largest absolute Gasteiger partial charge is 0.342 e. The number of carbonyl (C=O) groups excluding carboxylic acids is 2. The molecule has 0 heterocycles. The molecule has 4 nitrogen and oxygen atoms in total. The van der Waals surface area contributed by atoms with Crippen molar-refractivity contribution in [2.45, 2.75) is 18.7 Å². The van der Waals surface area contributed by atoms with Gasteiger partial charge < -0.3 is 9.80 Å². The Morgan fingerprint density at radius 2 is 1.65 bits per heavy atom. The van der Waals surface area contributed by atoms with Gasteiger partial charge in [0.05, 0.1) is 12.3 Å². The molecule has 0 aliphatic rings. The number of benzene rings is 1. The smallest absolute Gasteiger partial charge is 0.242 e. The number of rotatable bonds is 7. The average molecular weight is 294 g/mol. The molecule has 0 saturated carbocycles. The van der Waals surface area contributed by atoms with Crippen LogP contribution in [0.2, 0.25) is 0 Å². The number of amides is 2. The summed E-state index contributed by atoms with van der Waals surface area (Å²) in [7, 11) is 1.68. The van der Waals surface area contributed by atoms with Crippen molar-refractivity contribution >= 4 is 23.6 Å². The monoisotopic (exact) mass is 294 g/mol. The molecule has 0 aliphatic carbocycles. The first-order valence-electron chi connectivity index (χ1n) is 6.78. The van der Waals surface area contributed by atoms with Crippen LogP contribution in [0.1, 0.15) is 13.8 Å². The first-order valence-corrected chi connectivity index (χ1v) is 7.76. The van der Waals surface area contributed by atoms with Crippen molar-refractivity contribution in [3.8, 4) is 0 Å². The average Bonchev–Trinajstić information content (AvgIpc) is 2.47.